The summed E-state index contributed by atoms with van der Waals surface area (Å²) in [4.78, 5) is 24.2. The van der Waals surface area contributed by atoms with E-state index in [-0.39, 0.29) is 17.5 Å². The van der Waals surface area contributed by atoms with Gasteiger partial charge in [-0.3, -0.25) is 4.79 Å². The molecule has 0 spiro atoms. The highest BCUT2D eigenvalue weighted by atomic mass is 16.4. The zero-order valence-electron chi connectivity index (χ0n) is 9.23. The molecule has 2 rings (SSSR count). The molecule has 0 bridgehead atoms. The third kappa shape index (κ3) is 1.56. The molecule has 1 aliphatic heterocycles. The number of hydrogen-bond donors (Lipinski definition) is 1. The molecule has 4 heteroatoms. The second kappa shape index (κ2) is 3.63. The molecule has 0 saturated carbocycles. The lowest BCUT2D eigenvalue weighted by atomic mass is 10.1. The predicted molar refractivity (Wildman–Crippen MR) is 59.7 cm³/mol. The van der Waals surface area contributed by atoms with Crippen LogP contribution in [0.15, 0.2) is 18.2 Å². The number of fused-ring (bicyclic) bond motifs is 1. The highest BCUT2D eigenvalue weighted by molar-refractivity contribution is 6.03. The van der Waals surface area contributed by atoms with E-state index in [4.69, 9.17) is 5.11 Å². The van der Waals surface area contributed by atoms with Gasteiger partial charge < -0.3 is 10.0 Å². The molecule has 16 heavy (non-hydrogen) atoms. The Morgan fingerprint density at radius 1 is 1.44 bits per heavy atom. The van der Waals surface area contributed by atoms with Gasteiger partial charge in [-0.1, -0.05) is 6.07 Å². The van der Waals surface area contributed by atoms with E-state index in [0.29, 0.717) is 6.42 Å². The Hall–Kier alpha value is -1.84. The summed E-state index contributed by atoms with van der Waals surface area (Å²) in [6.45, 7) is 3.83. The molecule has 0 aliphatic carbocycles. The number of rotatable bonds is 2. The van der Waals surface area contributed by atoms with Crippen LogP contribution in [0.2, 0.25) is 0 Å². The van der Waals surface area contributed by atoms with Crippen molar-refractivity contribution in [2.24, 2.45) is 0 Å². The lowest BCUT2D eigenvalue weighted by Gasteiger charge is -2.22. The van der Waals surface area contributed by atoms with E-state index in [9.17, 15) is 9.59 Å². The highest BCUT2D eigenvalue weighted by Gasteiger charge is 2.29. The molecule has 0 saturated heterocycles. The molecule has 1 amide bonds. The van der Waals surface area contributed by atoms with Gasteiger partial charge in [-0.25, -0.2) is 4.79 Å². The molecular weight excluding hydrogens is 206 g/mol. The van der Waals surface area contributed by atoms with E-state index >= 15 is 0 Å². The molecule has 1 aliphatic rings. The minimum atomic E-state index is -0.967. The van der Waals surface area contributed by atoms with E-state index < -0.39 is 5.97 Å². The predicted octanol–water partition coefficient (Wildman–Crippen LogP) is 1.68. The number of nitrogens with zero attached hydrogens (tertiary/aromatic N) is 1. The number of carboxylic acid groups (broad SMARTS) is 1. The molecule has 0 fully saturated rings. The Morgan fingerprint density at radius 2 is 2.12 bits per heavy atom. The van der Waals surface area contributed by atoms with Gasteiger partial charge in [-0.2, -0.15) is 0 Å². The molecule has 1 N–H and O–H groups in total. The average molecular weight is 219 g/mol. The molecule has 1 aromatic carbocycles. The van der Waals surface area contributed by atoms with Gasteiger partial charge in [0.1, 0.15) is 0 Å². The maximum Gasteiger partial charge on any atom is 0.335 e. The first-order valence-electron chi connectivity index (χ1n) is 5.19. The quantitative estimate of drug-likeness (QED) is 0.823. The molecule has 1 heterocycles. The summed E-state index contributed by atoms with van der Waals surface area (Å²) in [6, 6.07) is 4.89. The van der Waals surface area contributed by atoms with Gasteiger partial charge in [0.15, 0.2) is 0 Å². The van der Waals surface area contributed by atoms with Gasteiger partial charge in [-0.05, 0) is 31.5 Å². The standard InChI is InChI=1S/C12H13NO3/c1-7(2)13-10-5-9(12(15)16)4-3-8(10)6-11(13)14/h3-5,7H,6H2,1-2H3,(H,15,16). The second-order valence-corrected chi connectivity index (χ2v) is 4.18. The molecule has 4 nitrogen and oxygen atoms in total. The fourth-order valence-electron chi connectivity index (χ4n) is 2.02. The van der Waals surface area contributed by atoms with Gasteiger partial charge in [0, 0.05) is 11.7 Å². The number of benzene rings is 1. The minimum absolute atomic E-state index is 0.0348. The molecular formula is C12H13NO3. The monoisotopic (exact) mass is 219 g/mol. The van der Waals surface area contributed by atoms with Crippen LogP contribution in [0, 0.1) is 0 Å². The van der Waals surface area contributed by atoms with Crippen LogP contribution in [0.25, 0.3) is 0 Å². The number of amides is 1. The van der Waals surface area contributed by atoms with Gasteiger partial charge in [-0.15, -0.1) is 0 Å². The van der Waals surface area contributed by atoms with Crippen molar-refractivity contribution in [3.63, 3.8) is 0 Å². The Morgan fingerprint density at radius 3 is 2.69 bits per heavy atom. The van der Waals surface area contributed by atoms with Crippen molar-refractivity contribution in [2.75, 3.05) is 4.90 Å². The van der Waals surface area contributed by atoms with Crippen LogP contribution in [-0.4, -0.2) is 23.0 Å². The molecule has 0 aromatic heterocycles. The SMILES string of the molecule is CC(C)N1C(=O)Cc2ccc(C(=O)O)cc21. The van der Waals surface area contributed by atoms with Crippen molar-refractivity contribution in [3.05, 3.63) is 29.3 Å². The van der Waals surface area contributed by atoms with Crippen LogP contribution in [0.4, 0.5) is 5.69 Å². The van der Waals surface area contributed by atoms with E-state index in [0.717, 1.165) is 11.3 Å². The number of hydrogen-bond acceptors (Lipinski definition) is 2. The van der Waals surface area contributed by atoms with E-state index in [1.165, 1.54) is 6.07 Å². The average Bonchev–Trinajstić information content (AvgIpc) is 2.51. The summed E-state index contributed by atoms with van der Waals surface area (Å²) < 4.78 is 0. The van der Waals surface area contributed by atoms with Crippen molar-refractivity contribution >= 4 is 17.6 Å². The zero-order chi connectivity index (χ0) is 11.9. The highest BCUT2D eigenvalue weighted by Crippen LogP contribution is 2.31. The summed E-state index contributed by atoms with van der Waals surface area (Å²) in [6.07, 6.45) is 0.368. The Bertz CT molecular complexity index is 465. The summed E-state index contributed by atoms with van der Waals surface area (Å²) in [7, 11) is 0. The van der Waals surface area contributed by atoms with Crippen LogP contribution in [0.3, 0.4) is 0 Å². The van der Waals surface area contributed by atoms with Crippen LogP contribution >= 0.6 is 0 Å². The lowest BCUT2D eigenvalue weighted by molar-refractivity contribution is -0.117. The molecule has 0 atom stereocenters. The first kappa shape index (κ1) is 10.7. The number of aromatic carboxylic acids is 1. The van der Waals surface area contributed by atoms with Gasteiger partial charge in [0.25, 0.3) is 0 Å². The molecule has 84 valence electrons. The van der Waals surface area contributed by atoms with Crippen LogP contribution in [0.1, 0.15) is 29.8 Å². The molecule has 1 aromatic rings. The summed E-state index contributed by atoms with van der Waals surface area (Å²) in [5, 5.41) is 8.90. The number of anilines is 1. The topological polar surface area (TPSA) is 57.6 Å². The fourth-order valence-corrected chi connectivity index (χ4v) is 2.02. The number of carbonyl (C=O) groups is 2. The van der Waals surface area contributed by atoms with Crippen molar-refractivity contribution in [1.82, 2.24) is 0 Å². The first-order chi connectivity index (χ1) is 7.50. The normalized spacial score (nSPS) is 14.4. The van der Waals surface area contributed by atoms with Crippen LogP contribution in [0.5, 0.6) is 0 Å². The van der Waals surface area contributed by atoms with Gasteiger partial charge in [0.05, 0.1) is 12.0 Å². The van der Waals surface area contributed by atoms with Crippen molar-refractivity contribution < 1.29 is 14.7 Å². The maximum absolute atomic E-state index is 11.7. The molecule has 0 radical (unpaired) electrons. The Balaban J connectivity index is 2.50. The minimum Gasteiger partial charge on any atom is -0.478 e. The lowest BCUT2D eigenvalue weighted by Crippen LogP contribution is -2.33. The third-order valence-corrected chi connectivity index (χ3v) is 2.72. The first-order valence-corrected chi connectivity index (χ1v) is 5.19. The van der Waals surface area contributed by atoms with Gasteiger partial charge in [0.2, 0.25) is 5.91 Å². The van der Waals surface area contributed by atoms with Crippen molar-refractivity contribution in [3.8, 4) is 0 Å². The van der Waals surface area contributed by atoms with Crippen molar-refractivity contribution in [2.45, 2.75) is 26.3 Å². The smallest absolute Gasteiger partial charge is 0.335 e. The zero-order valence-corrected chi connectivity index (χ0v) is 9.23. The number of carboxylic acids is 1. The Kier molecular flexibility index (Phi) is 2.42. The van der Waals surface area contributed by atoms with Crippen LogP contribution in [-0.2, 0) is 11.2 Å². The van der Waals surface area contributed by atoms with Gasteiger partial charge >= 0.3 is 5.97 Å². The fraction of sp³-hybridized carbons (Fsp3) is 0.333. The maximum atomic E-state index is 11.7. The van der Waals surface area contributed by atoms with Crippen LogP contribution < -0.4 is 4.90 Å². The van der Waals surface area contributed by atoms with E-state index in [2.05, 4.69) is 0 Å². The van der Waals surface area contributed by atoms with E-state index in [1.54, 1.807) is 17.0 Å². The van der Waals surface area contributed by atoms with E-state index in [1.807, 2.05) is 13.8 Å². The third-order valence-electron chi connectivity index (χ3n) is 2.72. The number of carbonyl (C=O) groups excluding carboxylic acids is 1. The Labute approximate surface area is 93.5 Å². The largest absolute Gasteiger partial charge is 0.478 e. The summed E-state index contributed by atoms with van der Waals surface area (Å²) in [5.74, 6) is -0.932. The summed E-state index contributed by atoms with van der Waals surface area (Å²) in [5.41, 5.74) is 1.86. The van der Waals surface area contributed by atoms with Crippen molar-refractivity contribution in [1.29, 1.82) is 0 Å². The second-order valence-electron chi connectivity index (χ2n) is 4.18. The molecule has 0 unspecified atom stereocenters. The summed E-state index contributed by atoms with van der Waals surface area (Å²) >= 11 is 0.